The van der Waals surface area contributed by atoms with Gasteiger partial charge in [0.05, 0.1) is 0 Å². The van der Waals surface area contributed by atoms with Gasteiger partial charge in [0.1, 0.15) is 0 Å². The average molecular weight is 250 g/mol. The van der Waals surface area contributed by atoms with Crippen molar-refractivity contribution in [1.29, 1.82) is 0 Å². The summed E-state index contributed by atoms with van der Waals surface area (Å²) >= 11 is 0. The van der Waals surface area contributed by atoms with Gasteiger partial charge in [0.2, 0.25) is 0 Å². The maximum atomic E-state index is 11.6. The summed E-state index contributed by atoms with van der Waals surface area (Å²) < 4.78 is 0. The van der Waals surface area contributed by atoms with E-state index in [0.717, 1.165) is 5.56 Å². The van der Waals surface area contributed by atoms with Crippen LogP contribution in [0.1, 0.15) is 25.0 Å². The van der Waals surface area contributed by atoms with Gasteiger partial charge >= 0.3 is 6.03 Å². The standard InChI is InChI=1S/C12H18N4O2/c1-7(2)14-12(17)15-10-6-9(11(13)16-18)5-4-8(10)3/h4-7,18H,1-3H3,(H2,13,16)(H2,14,15,17). The number of benzene rings is 1. The predicted molar refractivity (Wildman–Crippen MR) is 71.0 cm³/mol. The number of carbonyl (C=O) groups is 1. The molecule has 0 saturated carbocycles. The first-order valence-electron chi connectivity index (χ1n) is 5.60. The molecule has 0 unspecified atom stereocenters. The lowest BCUT2D eigenvalue weighted by Gasteiger charge is -2.13. The number of rotatable bonds is 3. The Bertz CT molecular complexity index is 469. The van der Waals surface area contributed by atoms with Crippen molar-refractivity contribution in [1.82, 2.24) is 5.32 Å². The van der Waals surface area contributed by atoms with Crippen LogP contribution in [-0.2, 0) is 0 Å². The third-order valence-corrected chi connectivity index (χ3v) is 2.31. The molecule has 0 atom stereocenters. The molecule has 98 valence electrons. The summed E-state index contributed by atoms with van der Waals surface area (Å²) in [7, 11) is 0. The molecular formula is C12H18N4O2. The topological polar surface area (TPSA) is 99.7 Å². The largest absolute Gasteiger partial charge is 0.409 e. The second-order valence-corrected chi connectivity index (χ2v) is 4.27. The molecule has 0 saturated heterocycles. The van der Waals surface area contributed by atoms with Gasteiger partial charge in [0.15, 0.2) is 5.84 Å². The fraction of sp³-hybridized carbons (Fsp3) is 0.333. The first-order chi connectivity index (χ1) is 8.43. The van der Waals surface area contributed by atoms with Crippen LogP contribution in [0.5, 0.6) is 0 Å². The Balaban J connectivity index is 2.91. The Labute approximate surface area is 106 Å². The van der Waals surface area contributed by atoms with E-state index in [-0.39, 0.29) is 17.9 Å². The molecule has 0 spiro atoms. The number of urea groups is 1. The number of carbonyl (C=O) groups excluding carboxylic acids is 1. The van der Waals surface area contributed by atoms with Gasteiger partial charge < -0.3 is 21.6 Å². The van der Waals surface area contributed by atoms with E-state index < -0.39 is 0 Å². The monoisotopic (exact) mass is 250 g/mol. The lowest BCUT2D eigenvalue weighted by Crippen LogP contribution is -2.34. The molecule has 0 fully saturated rings. The fourth-order valence-electron chi connectivity index (χ4n) is 1.39. The van der Waals surface area contributed by atoms with Crippen LogP contribution < -0.4 is 16.4 Å². The molecule has 6 nitrogen and oxygen atoms in total. The molecule has 1 rings (SSSR count). The summed E-state index contributed by atoms with van der Waals surface area (Å²) in [5, 5.41) is 17.0. The Morgan fingerprint density at radius 1 is 1.44 bits per heavy atom. The summed E-state index contributed by atoms with van der Waals surface area (Å²) in [6.07, 6.45) is 0. The highest BCUT2D eigenvalue weighted by atomic mass is 16.4. The van der Waals surface area contributed by atoms with Gasteiger partial charge in [-0.3, -0.25) is 0 Å². The van der Waals surface area contributed by atoms with Gasteiger partial charge in [-0.2, -0.15) is 0 Å². The highest BCUT2D eigenvalue weighted by Gasteiger charge is 2.08. The minimum atomic E-state index is -0.287. The van der Waals surface area contributed by atoms with Gasteiger partial charge in [-0.15, -0.1) is 0 Å². The van der Waals surface area contributed by atoms with Crippen molar-refractivity contribution >= 4 is 17.6 Å². The minimum Gasteiger partial charge on any atom is -0.409 e. The first-order valence-corrected chi connectivity index (χ1v) is 5.60. The van der Waals surface area contributed by atoms with E-state index in [1.165, 1.54) is 0 Å². The smallest absolute Gasteiger partial charge is 0.319 e. The lowest BCUT2D eigenvalue weighted by molar-refractivity contribution is 0.250. The molecule has 1 aromatic carbocycles. The highest BCUT2D eigenvalue weighted by Crippen LogP contribution is 2.16. The van der Waals surface area contributed by atoms with Crippen LogP contribution in [0.3, 0.4) is 0 Å². The zero-order chi connectivity index (χ0) is 13.7. The maximum Gasteiger partial charge on any atom is 0.319 e. The molecule has 0 radical (unpaired) electrons. The van der Waals surface area contributed by atoms with Gasteiger partial charge in [-0.25, -0.2) is 4.79 Å². The third kappa shape index (κ3) is 3.65. The van der Waals surface area contributed by atoms with Crippen molar-refractivity contribution < 1.29 is 10.0 Å². The van der Waals surface area contributed by atoms with Crippen molar-refractivity contribution in [3.8, 4) is 0 Å². The SMILES string of the molecule is Cc1ccc(C(N)=NO)cc1NC(=O)NC(C)C. The molecule has 0 aliphatic rings. The first kappa shape index (κ1) is 13.8. The normalized spacial score (nSPS) is 11.4. The molecule has 0 heterocycles. The number of aryl methyl sites for hydroxylation is 1. The quantitative estimate of drug-likeness (QED) is 0.284. The zero-order valence-electron chi connectivity index (χ0n) is 10.7. The average Bonchev–Trinajstić information content (AvgIpc) is 2.30. The van der Waals surface area contributed by atoms with Crippen LogP contribution in [0, 0.1) is 6.92 Å². The molecule has 0 aromatic heterocycles. The molecule has 5 N–H and O–H groups in total. The van der Waals surface area contributed by atoms with Crippen molar-refractivity contribution in [2.75, 3.05) is 5.32 Å². The number of hydrogen-bond donors (Lipinski definition) is 4. The number of nitrogens with zero attached hydrogens (tertiary/aromatic N) is 1. The van der Waals surface area contributed by atoms with E-state index in [2.05, 4.69) is 15.8 Å². The van der Waals surface area contributed by atoms with Crippen LogP contribution in [0.25, 0.3) is 0 Å². The van der Waals surface area contributed by atoms with Crippen LogP contribution in [0.2, 0.25) is 0 Å². The summed E-state index contributed by atoms with van der Waals surface area (Å²) in [4.78, 5) is 11.6. The second-order valence-electron chi connectivity index (χ2n) is 4.27. The number of hydrogen-bond acceptors (Lipinski definition) is 3. The number of amidine groups is 1. The molecule has 1 aromatic rings. The van der Waals surface area contributed by atoms with Gasteiger partial charge in [-0.1, -0.05) is 17.3 Å². The van der Waals surface area contributed by atoms with Gasteiger partial charge in [-0.05, 0) is 32.4 Å². The number of amides is 2. The zero-order valence-corrected chi connectivity index (χ0v) is 10.7. The predicted octanol–water partition coefficient (Wildman–Crippen LogP) is 1.62. The van der Waals surface area contributed by atoms with E-state index in [1.807, 2.05) is 20.8 Å². The number of nitrogens with one attached hydrogen (secondary N) is 2. The van der Waals surface area contributed by atoms with Crippen LogP contribution >= 0.6 is 0 Å². The Morgan fingerprint density at radius 2 is 2.11 bits per heavy atom. The number of oxime groups is 1. The van der Waals surface area contributed by atoms with Crippen LogP contribution in [0.4, 0.5) is 10.5 Å². The molecular weight excluding hydrogens is 232 g/mol. The van der Waals surface area contributed by atoms with Crippen LogP contribution in [-0.4, -0.2) is 23.1 Å². The summed E-state index contributed by atoms with van der Waals surface area (Å²) in [6.45, 7) is 5.61. The Hall–Kier alpha value is -2.24. The maximum absolute atomic E-state index is 11.6. The van der Waals surface area contributed by atoms with E-state index in [1.54, 1.807) is 18.2 Å². The second kappa shape index (κ2) is 5.90. The third-order valence-electron chi connectivity index (χ3n) is 2.31. The number of anilines is 1. The van der Waals surface area contributed by atoms with E-state index in [4.69, 9.17) is 10.9 Å². The lowest BCUT2D eigenvalue weighted by atomic mass is 10.1. The van der Waals surface area contributed by atoms with Crippen LogP contribution in [0.15, 0.2) is 23.4 Å². The summed E-state index contributed by atoms with van der Waals surface area (Å²) in [5.41, 5.74) is 7.56. The summed E-state index contributed by atoms with van der Waals surface area (Å²) in [5.74, 6) is 0.00215. The van der Waals surface area contributed by atoms with Crippen molar-refractivity contribution in [2.45, 2.75) is 26.8 Å². The molecule has 6 heteroatoms. The number of nitrogens with two attached hydrogens (primary N) is 1. The van der Waals surface area contributed by atoms with Gasteiger partial charge in [0, 0.05) is 17.3 Å². The van der Waals surface area contributed by atoms with E-state index in [9.17, 15) is 4.79 Å². The Kier molecular flexibility index (Phi) is 4.53. The molecule has 18 heavy (non-hydrogen) atoms. The fourth-order valence-corrected chi connectivity index (χ4v) is 1.39. The molecule has 2 amide bonds. The Morgan fingerprint density at radius 3 is 2.67 bits per heavy atom. The molecule has 0 aliphatic carbocycles. The van der Waals surface area contributed by atoms with Gasteiger partial charge in [0.25, 0.3) is 0 Å². The van der Waals surface area contributed by atoms with Crippen molar-refractivity contribution in [3.63, 3.8) is 0 Å². The summed E-state index contributed by atoms with van der Waals surface area (Å²) in [6, 6.07) is 4.93. The van der Waals surface area contributed by atoms with E-state index in [0.29, 0.717) is 11.3 Å². The van der Waals surface area contributed by atoms with Crippen molar-refractivity contribution in [2.24, 2.45) is 10.9 Å². The highest BCUT2D eigenvalue weighted by molar-refractivity contribution is 5.99. The van der Waals surface area contributed by atoms with E-state index >= 15 is 0 Å². The molecule has 0 bridgehead atoms. The molecule has 0 aliphatic heterocycles. The minimum absolute atomic E-state index is 0.00215. The van der Waals surface area contributed by atoms with Crippen molar-refractivity contribution in [3.05, 3.63) is 29.3 Å².